The number of hydrogen-bond donors (Lipinski definition) is 2. The van der Waals surface area contributed by atoms with Crippen LogP contribution in [0.2, 0.25) is 0 Å². The Morgan fingerprint density at radius 3 is 2.35 bits per heavy atom. The van der Waals surface area contributed by atoms with Crippen molar-refractivity contribution < 1.29 is 14.6 Å². The van der Waals surface area contributed by atoms with Gasteiger partial charge in [0.2, 0.25) is 0 Å². The highest BCUT2D eigenvalue weighted by atomic mass is 16.6. The van der Waals surface area contributed by atoms with E-state index in [0.717, 1.165) is 0 Å². The molecule has 0 saturated carbocycles. The highest BCUT2D eigenvalue weighted by Gasteiger charge is 2.17. The van der Waals surface area contributed by atoms with Gasteiger partial charge < -0.3 is 15.2 Å². The zero-order valence-corrected chi connectivity index (χ0v) is 11.7. The predicted molar refractivity (Wildman–Crippen MR) is 68.8 cm³/mol. The van der Waals surface area contributed by atoms with Crippen molar-refractivity contribution in [3.05, 3.63) is 0 Å². The number of nitrogens with one attached hydrogen (secondary N) is 1. The van der Waals surface area contributed by atoms with Crippen LogP contribution in [0.4, 0.5) is 0 Å². The average molecular weight is 245 g/mol. The molecule has 2 N–H and O–H groups in total. The second-order valence-electron chi connectivity index (χ2n) is 5.65. The fourth-order valence-corrected chi connectivity index (χ4v) is 1.56. The largest absolute Gasteiger partial charge is 0.460 e. The van der Waals surface area contributed by atoms with E-state index in [1.807, 2.05) is 20.8 Å². The summed E-state index contributed by atoms with van der Waals surface area (Å²) in [5, 5.41) is 12.2. The van der Waals surface area contributed by atoms with Gasteiger partial charge in [0.15, 0.2) is 0 Å². The van der Waals surface area contributed by atoms with Crippen LogP contribution in [-0.2, 0) is 9.53 Å². The van der Waals surface area contributed by atoms with E-state index in [2.05, 4.69) is 19.2 Å². The minimum Gasteiger partial charge on any atom is -0.460 e. The number of hydrogen-bond acceptors (Lipinski definition) is 4. The molecule has 4 nitrogen and oxygen atoms in total. The maximum absolute atomic E-state index is 11.5. The molecule has 0 aromatic heterocycles. The highest BCUT2D eigenvalue weighted by molar-refractivity contribution is 5.70. The van der Waals surface area contributed by atoms with Crippen LogP contribution in [-0.4, -0.2) is 35.9 Å². The molecule has 17 heavy (non-hydrogen) atoms. The first kappa shape index (κ1) is 16.4. The third-order valence-electron chi connectivity index (χ3n) is 2.40. The molecule has 0 aromatic carbocycles. The van der Waals surface area contributed by atoms with E-state index in [0.29, 0.717) is 25.3 Å². The van der Waals surface area contributed by atoms with Crippen LogP contribution in [0.5, 0.6) is 0 Å². The highest BCUT2D eigenvalue weighted by Crippen LogP contribution is 2.09. The van der Waals surface area contributed by atoms with E-state index >= 15 is 0 Å². The lowest BCUT2D eigenvalue weighted by atomic mass is 10.0. The zero-order valence-electron chi connectivity index (χ0n) is 11.7. The molecule has 0 rings (SSSR count). The lowest BCUT2D eigenvalue weighted by molar-refractivity contribution is -0.154. The van der Waals surface area contributed by atoms with Crippen molar-refractivity contribution in [1.82, 2.24) is 5.32 Å². The topological polar surface area (TPSA) is 58.6 Å². The number of aliphatic hydroxyl groups excluding tert-OH is 1. The summed E-state index contributed by atoms with van der Waals surface area (Å²) in [6.07, 6.45) is 1.08. The van der Waals surface area contributed by atoms with E-state index in [1.54, 1.807) is 0 Å². The summed E-state index contributed by atoms with van der Waals surface area (Å²) in [7, 11) is 0. The third-order valence-corrected chi connectivity index (χ3v) is 2.40. The minimum atomic E-state index is -0.417. The molecule has 0 aromatic rings. The van der Waals surface area contributed by atoms with Crippen LogP contribution in [0.1, 0.15) is 47.5 Å². The van der Waals surface area contributed by atoms with Gasteiger partial charge in [-0.2, -0.15) is 0 Å². The molecule has 0 fully saturated rings. The Morgan fingerprint density at radius 2 is 1.94 bits per heavy atom. The first-order valence-corrected chi connectivity index (χ1v) is 6.32. The summed E-state index contributed by atoms with van der Waals surface area (Å²) in [6, 6.07) is 0.252. The lowest BCUT2D eigenvalue weighted by Crippen LogP contribution is -2.36. The monoisotopic (exact) mass is 245 g/mol. The summed E-state index contributed by atoms with van der Waals surface area (Å²) in [5.41, 5.74) is -0.417. The van der Waals surface area contributed by atoms with Gasteiger partial charge in [-0.3, -0.25) is 4.79 Å². The molecule has 0 bridgehead atoms. The average Bonchev–Trinajstić information content (AvgIpc) is 2.13. The molecule has 0 amide bonds. The first-order valence-electron chi connectivity index (χ1n) is 6.32. The van der Waals surface area contributed by atoms with Gasteiger partial charge in [0, 0.05) is 19.2 Å². The molecule has 0 aliphatic heterocycles. The van der Waals surface area contributed by atoms with Gasteiger partial charge in [-0.15, -0.1) is 0 Å². The van der Waals surface area contributed by atoms with E-state index < -0.39 is 5.60 Å². The zero-order chi connectivity index (χ0) is 13.5. The molecule has 0 heterocycles. The van der Waals surface area contributed by atoms with Crippen molar-refractivity contribution in [1.29, 1.82) is 0 Å². The Labute approximate surface area is 105 Å². The Bertz CT molecular complexity index is 221. The summed E-state index contributed by atoms with van der Waals surface area (Å²) >= 11 is 0. The van der Waals surface area contributed by atoms with Crippen molar-refractivity contribution in [2.24, 2.45) is 5.92 Å². The van der Waals surface area contributed by atoms with E-state index in [9.17, 15) is 4.79 Å². The third kappa shape index (κ3) is 9.12. The molecule has 102 valence electrons. The van der Waals surface area contributed by atoms with Crippen LogP contribution in [0.3, 0.4) is 0 Å². The Hall–Kier alpha value is -0.610. The van der Waals surface area contributed by atoms with E-state index in [4.69, 9.17) is 9.84 Å². The van der Waals surface area contributed by atoms with Crippen molar-refractivity contribution in [3.63, 3.8) is 0 Å². The molecular formula is C13H27NO3. The molecule has 4 heteroatoms. The lowest BCUT2D eigenvalue weighted by Gasteiger charge is -2.22. The van der Waals surface area contributed by atoms with Crippen LogP contribution >= 0.6 is 0 Å². The van der Waals surface area contributed by atoms with Gasteiger partial charge in [0.1, 0.15) is 5.60 Å². The molecule has 1 atom stereocenters. The molecule has 0 spiro atoms. The number of carbonyl (C=O) groups is 1. The Kier molecular flexibility index (Phi) is 7.39. The standard InChI is InChI=1S/C13H27NO3/c1-10(2)11(7-9-15)14-8-6-12(16)17-13(3,4)5/h10-11,14-15H,6-9H2,1-5H3. The number of carbonyl (C=O) groups excluding carboxylic acids is 1. The Balaban J connectivity index is 3.84. The fraction of sp³-hybridized carbons (Fsp3) is 0.923. The van der Waals surface area contributed by atoms with E-state index in [-0.39, 0.29) is 18.6 Å². The number of rotatable bonds is 7. The molecule has 0 aliphatic rings. The number of aliphatic hydroxyl groups is 1. The van der Waals surface area contributed by atoms with Crippen molar-refractivity contribution in [3.8, 4) is 0 Å². The second-order valence-corrected chi connectivity index (χ2v) is 5.65. The molecule has 0 aliphatic carbocycles. The normalized spacial score (nSPS) is 13.8. The summed E-state index contributed by atoms with van der Waals surface area (Å²) in [6.45, 7) is 10.5. The smallest absolute Gasteiger partial charge is 0.307 e. The molecular weight excluding hydrogens is 218 g/mol. The first-order chi connectivity index (χ1) is 7.76. The van der Waals surface area contributed by atoms with Gasteiger partial charge >= 0.3 is 5.97 Å². The molecule has 1 unspecified atom stereocenters. The SMILES string of the molecule is CC(C)C(CCO)NCCC(=O)OC(C)(C)C. The van der Waals surface area contributed by atoms with Gasteiger partial charge in [0.05, 0.1) is 6.42 Å². The summed E-state index contributed by atoms with van der Waals surface area (Å²) in [4.78, 5) is 11.5. The summed E-state index contributed by atoms with van der Waals surface area (Å²) < 4.78 is 5.21. The number of ether oxygens (including phenoxy) is 1. The maximum Gasteiger partial charge on any atom is 0.307 e. The fourth-order valence-electron chi connectivity index (χ4n) is 1.56. The van der Waals surface area contributed by atoms with Crippen molar-refractivity contribution in [2.45, 2.75) is 59.1 Å². The molecule has 0 radical (unpaired) electrons. The van der Waals surface area contributed by atoms with E-state index in [1.165, 1.54) is 0 Å². The second kappa shape index (κ2) is 7.67. The van der Waals surface area contributed by atoms with Crippen LogP contribution in [0.15, 0.2) is 0 Å². The van der Waals surface area contributed by atoms with Crippen molar-refractivity contribution in [2.75, 3.05) is 13.2 Å². The quantitative estimate of drug-likeness (QED) is 0.670. The van der Waals surface area contributed by atoms with Gasteiger partial charge in [-0.25, -0.2) is 0 Å². The van der Waals surface area contributed by atoms with Crippen LogP contribution in [0, 0.1) is 5.92 Å². The van der Waals surface area contributed by atoms with Gasteiger partial charge in [-0.1, -0.05) is 13.8 Å². The van der Waals surface area contributed by atoms with Crippen molar-refractivity contribution >= 4 is 5.97 Å². The summed E-state index contributed by atoms with van der Waals surface area (Å²) in [5.74, 6) is 0.261. The van der Waals surface area contributed by atoms with Gasteiger partial charge in [0.25, 0.3) is 0 Å². The maximum atomic E-state index is 11.5. The molecule has 0 saturated heterocycles. The van der Waals surface area contributed by atoms with Crippen LogP contribution < -0.4 is 5.32 Å². The number of esters is 1. The predicted octanol–water partition coefficient (Wildman–Crippen LogP) is 1.71. The van der Waals surface area contributed by atoms with Crippen LogP contribution in [0.25, 0.3) is 0 Å². The van der Waals surface area contributed by atoms with Gasteiger partial charge in [-0.05, 0) is 33.1 Å². The minimum absolute atomic E-state index is 0.169. The Morgan fingerprint density at radius 1 is 1.35 bits per heavy atom.